The number of nitrogens with one attached hydrogen (secondary N) is 1. The molecule has 1 fully saturated rings. The molecule has 3 aromatic carbocycles. The highest BCUT2D eigenvalue weighted by molar-refractivity contribution is 7.89. The lowest BCUT2D eigenvalue weighted by Crippen LogP contribution is -2.51. The Morgan fingerprint density at radius 1 is 0.909 bits per heavy atom. The van der Waals surface area contributed by atoms with Crippen molar-refractivity contribution in [3.05, 3.63) is 72.3 Å². The van der Waals surface area contributed by atoms with Crippen LogP contribution in [0, 0.1) is 0 Å². The number of ether oxygens (including phenoxy) is 1. The predicted molar refractivity (Wildman–Crippen MR) is 126 cm³/mol. The number of sulfonamides is 1. The maximum atomic E-state index is 13.1. The third kappa shape index (κ3) is 4.99. The van der Waals surface area contributed by atoms with Crippen molar-refractivity contribution in [2.24, 2.45) is 0 Å². The number of hydrogen-bond donors (Lipinski definition) is 1. The molecule has 0 saturated carbocycles. The van der Waals surface area contributed by atoms with Crippen LogP contribution in [0.4, 0.5) is 10.5 Å². The van der Waals surface area contributed by atoms with Gasteiger partial charge in [-0.3, -0.25) is 0 Å². The molecule has 1 saturated heterocycles. The molecule has 1 heterocycles. The lowest BCUT2D eigenvalue weighted by molar-refractivity contribution is 0.0526. The van der Waals surface area contributed by atoms with Crippen LogP contribution in [0.5, 0.6) is 0 Å². The lowest BCUT2D eigenvalue weighted by atomic mass is 10.1. The highest BCUT2D eigenvalue weighted by Crippen LogP contribution is 2.23. The fraction of sp³-hybridized carbons (Fsp3) is 0.250. The van der Waals surface area contributed by atoms with Crippen LogP contribution in [-0.4, -0.2) is 62.4 Å². The molecule has 8 nitrogen and oxygen atoms in total. The lowest BCUT2D eigenvalue weighted by Gasteiger charge is -2.34. The summed E-state index contributed by atoms with van der Waals surface area (Å²) in [5, 5.41) is 4.63. The molecule has 4 rings (SSSR count). The number of anilines is 1. The first kappa shape index (κ1) is 22.8. The van der Waals surface area contributed by atoms with E-state index in [1.807, 2.05) is 24.3 Å². The average molecular weight is 468 g/mol. The number of amides is 2. The molecular formula is C24H25N3O5S. The number of benzene rings is 3. The van der Waals surface area contributed by atoms with E-state index in [-0.39, 0.29) is 37.1 Å². The number of fused-ring (bicyclic) bond motifs is 1. The van der Waals surface area contributed by atoms with Crippen molar-refractivity contribution in [3.63, 3.8) is 0 Å². The van der Waals surface area contributed by atoms with Crippen molar-refractivity contribution in [1.29, 1.82) is 0 Å². The van der Waals surface area contributed by atoms with Gasteiger partial charge in [0.15, 0.2) is 0 Å². The van der Waals surface area contributed by atoms with Gasteiger partial charge in [0.05, 0.1) is 17.1 Å². The summed E-state index contributed by atoms with van der Waals surface area (Å²) in [5.41, 5.74) is 0.946. The fourth-order valence-electron chi connectivity index (χ4n) is 3.72. The largest absolute Gasteiger partial charge is 0.462 e. The topological polar surface area (TPSA) is 96.0 Å². The van der Waals surface area contributed by atoms with Crippen LogP contribution in [0.15, 0.2) is 71.6 Å². The van der Waals surface area contributed by atoms with Crippen molar-refractivity contribution in [2.45, 2.75) is 11.8 Å². The van der Waals surface area contributed by atoms with E-state index in [0.29, 0.717) is 17.9 Å². The predicted octanol–water partition coefficient (Wildman–Crippen LogP) is 3.55. The van der Waals surface area contributed by atoms with E-state index in [4.69, 9.17) is 4.74 Å². The molecule has 0 radical (unpaired) electrons. The first-order chi connectivity index (χ1) is 15.9. The van der Waals surface area contributed by atoms with E-state index in [0.717, 1.165) is 10.8 Å². The van der Waals surface area contributed by atoms with Crippen molar-refractivity contribution < 1.29 is 22.7 Å². The number of urea groups is 1. The molecule has 9 heteroatoms. The van der Waals surface area contributed by atoms with Gasteiger partial charge < -0.3 is 15.0 Å². The van der Waals surface area contributed by atoms with Crippen LogP contribution in [0.25, 0.3) is 10.8 Å². The van der Waals surface area contributed by atoms with E-state index in [2.05, 4.69) is 5.32 Å². The van der Waals surface area contributed by atoms with Gasteiger partial charge in [0.25, 0.3) is 0 Å². The molecular weight excluding hydrogens is 442 g/mol. The SMILES string of the molecule is CCOC(=O)c1ccc(NC(=O)N2CCN(S(=O)(=O)c3ccc4ccccc4c3)CC2)cc1. The molecule has 172 valence electrons. The third-order valence-corrected chi connectivity index (χ3v) is 7.43. The average Bonchev–Trinajstić information content (AvgIpc) is 2.84. The Morgan fingerprint density at radius 2 is 1.58 bits per heavy atom. The minimum Gasteiger partial charge on any atom is -0.462 e. The van der Waals surface area contributed by atoms with Crippen molar-refractivity contribution in [3.8, 4) is 0 Å². The van der Waals surface area contributed by atoms with Crippen LogP contribution >= 0.6 is 0 Å². The van der Waals surface area contributed by atoms with Crippen LogP contribution in [0.2, 0.25) is 0 Å². The van der Waals surface area contributed by atoms with Gasteiger partial charge in [-0.05, 0) is 54.1 Å². The summed E-state index contributed by atoms with van der Waals surface area (Å²) in [7, 11) is -3.65. The Balaban J connectivity index is 1.36. The molecule has 0 atom stereocenters. The Labute approximate surface area is 192 Å². The standard InChI is InChI=1S/C24H25N3O5S/c1-2-32-23(28)19-7-10-21(11-8-19)25-24(29)26-13-15-27(16-14-26)33(30,31)22-12-9-18-5-3-4-6-20(18)17-22/h3-12,17H,2,13-16H2,1H3,(H,25,29). The molecule has 1 N–H and O–H groups in total. The highest BCUT2D eigenvalue weighted by Gasteiger charge is 2.30. The van der Waals surface area contributed by atoms with Gasteiger partial charge in [-0.1, -0.05) is 30.3 Å². The van der Waals surface area contributed by atoms with Crippen molar-refractivity contribution in [1.82, 2.24) is 9.21 Å². The first-order valence-corrected chi connectivity index (χ1v) is 12.1. The van der Waals surface area contributed by atoms with Crippen LogP contribution in [0.1, 0.15) is 17.3 Å². The second kappa shape index (κ2) is 9.60. The van der Waals surface area contributed by atoms with E-state index in [1.165, 1.54) is 4.31 Å². The molecule has 0 spiro atoms. The van der Waals surface area contributed by atoms with Gasteiger partial charge in [0, 0.05) is 31.9 Å². The number of rotatable bonds is 5. The second-order valence-corrected chi connectivity index (χ2v) is 9.57. The summed E-state index contributed by atoms with van der Waals surface area (Å²) in [5.74, 6) is -0.417. The number of piperazine rings is 1. The van der Waals surface area contributed by atoms with Gasteiger partial charge >= 0.3 is 12.0 Å². The van der Waals surface area contributed by atoms with E-state index < -0.39 is 16.0 Å². The van der Waals surface area contributed by atoms with Gasteiger partial charge in [-0.25, -0.2) is 18.0 Å². The highest BCUT2D eigenvalue weighted by atomic mass is 32.2. The maximum Gasteiger partial charge on any atom is 0.338 e. The number of esters is 1. The third-order valence-electron chi connectivity index (χ3n) is 5.53. The molecule has 1 aliphatic rings. The molecule has 3 aromatic rings. The number of nitrogens with zero attached hydrogens (tertiary/aromatic N) is 2. The number of hydrogen-bond acceptors (Lipinski definition) is 5. The Bertz CT molecular complexity index is 1270. The monoisotopic (exact) mass is 467 g/mol. The van der Waals surface area contributed by atoms with Crippen molar-refractivity contribution >= 4 is 38.5 Å². The van der Waals surface area contributed by atoms with Crippen LogP contribution in [0.3, 0.4) is 0 Å². The molecule has 0 aliphatic carbocycles. The van der Waals surface area contributed by atoms with Gasteiger partial charge in [0.2, 0.25) is 10.0 Å². The minimum atomic E-state index is -3.65. The van der Waals surface area contributed by atoms with Gasteiger partial charge in [0.1, 0.15) is 0 Å². The zero-order chi connectivity index (χ0) is 23.4. The maximum absolute atomic E-state index is 13.1. The molecule has 1 aliphatic heterocycles. The van der Waals surface area contributed by atoms with E-state index >= 15 is 0 Å². The molecule has 0 aromatic heterocycles. The summed E-state index contributed by atoms with van der Waals surface area (Å²) in [6, 6.07) is 18.8. The molecule has 0 bridgehead atoms. The van der Waals surface area contributed by atoms with Crippen LogP contribution in [-0.2, 0) is 14.8 Å². The van der Waals surface area contributed by atoms with Crippen molar-refractivity contribution in [2.75, 3.05) is 38.1 Å². The molecule has 2 amide bonds. The Hall–Kier alpha value is -3.43. The van der Waals surface area contributed by atoms with Gasteiger partial charge in [-0.15, -0.1) is 0 Å². The quantitative estimate of drug-likeness (QED) is 0.579. The minimum absolute atomic E-state index is 0.213. The normalized spacial score (nSPS) is 14.8. The Morgan fingerprint density at radius 3 is 2.24 bits per heavy atom. The zero-order valence-corrected chi connectivity index (χ0v) is 19.0. The summed E-state index contributed by atoms with van der Waals surface area (Å²) in [4.78, 5) is 26.2. The number of carbonyl (C=O) groups is 2. The van der Waals surface area contributed by atoms with E-state index in [9.17, 15) is 18.0 Å². The number of carbonyl (C=O) groups excluding carboxylic acids is 2. The summed E-state index contributed by atoms with van der Waals surface area (Å²) in [6.45, 7) is 3.01. The summed E-state index contributed by atoms with van der Waals surface area (Å²) in [6.07, 6.45) is 0. The summed E-state index contributed by atoms with van der Waals surface area (Å²) < 4.78 is 32.6. The van der Waals surface area contributed by atoms with Crippen LogP contribution < -0.4 is 5.32 Å². The fourth-order valence-corrected chi connectivity index (χ4v) is 5.17. The molecule has 0 unspecified atom stereocenters. The Kier molecular flexibility index (Phi) is 6.62. The van der Waals surface area contributed by atoms with Gasteiger partial charge in [-0.2, -0.15) is 4.31 Å². The zero-order valence-electron chi connectivity index (χ0n) is 18.2. The van der Waals surface area contributed by atoms with E-state index in [1.54, 1.807) is 54.3 Å². The molecule has 33 heavy (non-hydrogen) atoms. The second-order valence-electron chi connectivity index (χ2n) is 7.63. The smallest absolute Gasteiger partial charge is 0.338 e. The first-order valence-electron chi connectivity index (χ1n) is 10.7. The summed E-state index contributed by atoms with van der Waals surface area (Å²) >= 11 is 0.